The molecule has 6 nitrogen and oxygen atoms in total. The van der Waals surface area contributed by atoms with E-state index in [1.54, 1.807) is 11.3 Å². The number of aryl methyl sites for hydroxylation is 1. The number of hydrogen-bond acceptors (Lipinski definition) is 4. The largest absolute Gasteiger partial charge is 0.357 e. The van der Waals surface area contributed by atoms with E-state index in [0.29, 0.717) is 13.0 Å². The third kappa shape index (κ3) is 7.78. The molecule has 0 aliphatic rings. The minimum atomic E-state index is 0.0467. The Morgan fingerprint density at radius 1 is 1.26 bits per heavy atom. The Labute approximate surface area is 165 Å². The van der Waals surface area contributed by atoms with Gasteiger partial charge in [-0.15, -0.1) is 11.3 Å². The lowest BCUT2D eigenvalue weighted by Gasteiger charge is -2.11. The molecule has 0 radical (unpaired) electrons. The van der Waals surface area contributed by atoms with Crippen molar-refractivity contribution in [2.24, 2.45) is 4.99 Å². The first kappa shape index (κ1) is 20.9. The van der Waals surface area contributed by atoms with Crippen LogP contribution in [0.3, 0.4) is 0 Å². The summed E-state index contributed by atoms with van der Waals surface area (Å²) in [5.41, 5.74) is 2.98. The minimum Gasteiger partial charge on any atom is -0.357 e. The normalized spacial score (nSPS) is 11.3. The highest BCUT2D eigenvalue weighted by Gasteiger charge is 2.03. The number of carbonyl (C=O) groups excluding carboxylic acids is 1. The molecule has 1 amide bonds. The van der Waals surface area contributed by atoms with Gasteiger partial charge in [-0.25, -0.2) is 9.98 Å². The molecule has 0 spiro atoms. The highest BCUT2D eigenvalue weighted by Crippen LogP contribution is 2.12. The van der Waals surface area contributed by atoms with Crippen LogP contribution >= 0.6 is 11.3 Å². The van der Waals surface area contributed by atoms with Crippen molar-refractivity contribution in [3.63, 3.8) is 0 Å². The number of benzene rings is 1. The van der Waals surface area contributed by atoms with Crippen molar-refractivity contribution in [1.29, 1.82) is 0 Å². The number of guanidine groups is 1. The number of nitrogens with one attached hydrogen (secondary N) is 3. The standard InChI is InChI=1S/C20H29N5OS/c1-4-7-19(26)25-17-9-6-8-16(12-17)13-23-20(21-5-2)22-11-10-18-14-27-15(3)24-18/h6,8-9,12,14H,4-5,7,10-11,13H2,1-3H3,(H,25,26)(H2,21,22,23). The van der Waals surface area contributed by atoms with Crippen LogP contribution in [0.2, 0.25) is 0 Å². The molecule has 2 aromatic rings. The van der Waals surface area contributed by atoms with E-state index in [-0.39, 0.29) is 5.91 Å². The van der Waals surface area contributed by atoms with E-state index in [4.69, 9.17) is 0 Å². The molecule has 0 saturated heterocycles. The van der Waals surface area contributed by atoms with Crippen LogP contribution in [0.25, 0.3) is 0 Å². The first-order valence-corrected chi connectivity index (χ1v) is 10.3. The van der Waals surface area contributed by atoms with E-state index in [2.05, 4.69) is 31.3 Å². The zero-order valence-electron chi connectivity index (χ0n) is 16.3. The maximum Gasteiger partial charge on any atom is 0.224 e. The number of aromatic nitrogens is 1. The molecule has 2 rings (SSSR count). The second-order valence-corrected chi connectivity index (χ2v) is 7.29. The van der Waals surface area contributed by atoms with E-state index in [1.807, 2.05) is 45.0 Å². The monoisotopic (exact) mass is 387 g/mol. The van der Waals surface area contributed by atoms with Crippen LogP contribution in [0, 0.1) is 6.92 Å². The van der Waals surface area contributed by atoms with Gasteiger partial charge in [0.25, 0.3) is 0 Å². The van der Waals surface area contributed by atoms with Crippen LogP contribution in [0.15, 0.2) is 34.6 Å². The van der Waals surface area contributed by atoms with E-state index in [0.717, 1.165) is 53.8 Å². The molecule has 27 heavy (non-hydrogen) atoms. The van der Waals surface area contributed by atoms with Crippen molar-refractivity contribution in [2.75, 3.05) is 18.4 Å². The fourth-order valence-electron chi connectivity index (χ4n) is 2.54. The molecule has 146 valence electrons. The number of thiazole rings is 1. The summed E-state index contributed by atoms with van der Waals surface area (Å²) in [5, 5.41) is 12.7. The van der Waals surface area contributed by atoms with Crippen LogP contribution in [0.5, 0.6) is 0 Å². The fraction of sp³-hybridized carbons (Fsp3) is 0.450. The summed E-state index contributed by atoms with van der Waals surface area (Å²) in [5.74, 6) is 0.829. The smallest absolute Gasteiger partial charge is 0.224 e. The van der Waals surface area contributed by atoms with Crippen molar-refractivity contribution in [1.82, 2.24) is 15.6 Å². The van der Waals surface area contributed by atoms with Crippen molar-refractivity contribution >= 4 is 28.9 Å². The lowest BCUT2D eigenvalue weighted by molar-refractivity contribution is -0.116. The molecule has 1 aromatic carbocycles. The van der Waals surface area contributed by atoms with Gasteiger partial charge in [0.1, 0.15) is 0 Å². The SMILES string of the molecule is CCCC(=O)Nc1cccc(CN=C(NCC)NCCc2csc(C)n2)c1. The van der Waals surface area contributed by atoms with Gasteiger partial charge in [0.15, 0.2) is 5.96 Å². The highest BCUT2D eigenvalue weighted by molar-refractivity contribution is 7.09. The Hall–Kier alpha value is -2.41. The second kappa shape index (κ2) is 11.3. The fourth-order valence-corrected chi connectivity index (χ4v) is 3.19. The number of nitrogens with zero attached hydrogens (tertiary/aromatic N) is 2. The molecule has 7 heteroatoms. The topological polar surface area (TPSA) is 78.4 Å². The summed E-state index contributed by atoms with van der Waals surface area (Å²) >= 11 is 1.67. The van der Waals surface area contributed by atoms with Gasteiger partial charge >= 0.3 is 0 Å². The van der Waals surface area contributed by atoms with Gasteiger partial charge in [0.05, 0.1) is 17.2 Å². The number of hydrogen-bond donors (Lipinski definition) is 3. The summed E-state index contributed by atoms with van der Waals surface area (Å²) in [6.07, 6.45) is 2.25. The van der Waals surface area contributed by atoms with Crippen LogP contribution in [-0.4, -0.2) is 29.9 Å². The molecule has 0 fully saturated rings. The van der Waals surface area contributed by atoms with Gasteiger partial charge < -0.3 is 16.0 Å². The van der Waals surface area contributed by atoms with Crippen molar-refractivity contribution in [3.8, 4) is 0 Å². The Morgan fingerprint density at radius 3 is 2.81 bits per heavy atom. The van der Waals surface area contributed by atoms with Gasteiger partial charge in [-0.1, -0.05) is 19.1 Å². The molecule has 0 aliphatic carbocycles. The number of rotatable bonds is 9. The molecule has 0 unspecified atom stereocenters. The summed E-state index contributed by atoms with van der Waals surface area (Å²) < 4.78 is 0. The van der Waals surface area contributed by atoms with Crippen LogP contribution in [0.4, 0.5) is 5.69 Å². The second-order valence-electron chi connectivity index (χ2n) is 6.23. The van der Waals surface area contributed by atoms with Crippen molar-refractivity contribution in [2.45, 2.75) is 46.6 Å². The molecular formula is C20H29N5OS. The van der Waals surface area contributed by atoms with Gasteiger partial charge in [-0.2, -0.15) is 0 Å². The van der Waals surface area contributed by atoms with E-state index in [9.17, 15) is 4.79 Å². The average Bonchev–Trinajstić information content (AvgIpc) is 3.05. The maximum atomic E-state index is 11.7. The van der Waals surface area contributed by atoms with Gasteiger partial charge in [0.2, 0.25) is 5.91 Å². The Kier molecular flexibility index (Phi) is 8.77. The molecule has 0 bridgehead atoms. The summed E-state index contributed by atoms with van der Waals surface area (Å²) in [4.78, 5) is 20.9. The number of anilines is 1. The number of carbonyl (C=O) groups is 1. The quantitative estimate of drug-likeness (QED) is 0.455. The molecule has 0 atom stereocenters. The first-order chi connectivity index (χ1) is 13.1. The third-order valence-corrected chi connectivity index (χ3v) is 4.61. The Morgan fingerprint density at radius 2 is 2.11 bits per heavy atom. The Bertz CT molecular complexity index is 756. The molecular weight excluding hydrogens is 358 g/mol. The highest BCUT2D eigenvalue weighted by atomic mass is 32.1. The third-order valence-electron chi connectivity index (χ3n) is 3.79. The lowest BCUT2D eigenvalue weighted by atomic mass is 10.2. The molecule has 1 aromatic heterocycles. The predicted octanol–water partition coefficient (Wildman–Crippen LogP) is 3.49. The summed E-state index contributed by atoms with van der Waals surface area (Å²) in [6, 6.07) is 7.83. The van der Waals surface area contributed by atoms with Crippen LogP contribution in [0.1, 0.15) is 43.0 Å². The summed E-state index contributed by atoms with van der Waals surface area (Å²) in [7, 11) is 0. The molecule has 1 heterocycles. The van der Waals surface area contributed by atoms with Crippen LogP contribution in [-0.2, 0) is 17.8 Å². The van der Waals surface area contributed by atoms with E-state index < -0.39 is 0 Å². The van der Waals surface area contributed by atoms with E-state index in [1.165, 1.54) is 0 Å². The Balaban J connectivity index is 1.90. The molecule has 0 aliphatic heterocycles. The van der Waals surface area contributed by atoms with Gasteiger partial charge in [-0.05, 0) is 38.0 Å². The van der Waals surface area contributed by atoms with Crippen molar-refractivity contribution in [3.05, 3.63) is 45.9 Å². The number of amides is 1. The molecule has 3 N–H and O–H groups in total. The average molecular weight is 388 g/mol. The zero-order valence-corrected chi connectivity index (χ0v) is 17.2. The van der Waals surface area contributed by atoms with Crippen molar-refractivity contribution < 1.29 is 4.79 Å². The maximum absolute atomic E-state index is 11.7. The summed E-state index contributed by atoms with van der Waals surface area (Å²) in [6.45, 7) is 8.19. The lowest BCUT2D eigenvalue weighted by Crippen LogP contribution is -2.38. The van der Waals surface area contributed by atoms with E-state index >= 15 is 0 Å². The first-order valence-electron chi connectivity index (χ1n) is 9.42. The number of aliphatic imine (C=N–C) groups is 1. The minimum absolute atomic E-state index is 0.0467. The predicted molar refractivity (Wildman–Crippen MR) is 113 cm³/mol. The van der Waals surface area contributed by atoms with Gasteiger partial charge in [-0.3, -0.25) is 4.79 Å². The van der Waals surface area contributed by atoms with Crippen LogP contribution < -0.4 is 16.0 Å². The zero-order chi connectivity index (χ0) is 19.5. The molecule has 0 saturated carbocycles. The van der Waals surface area contributed by atoms with Gasteiger partial charge in [0, 0.05) is 37.0 Å².